The van der Waals surface area contributed by atoms with E-state index in [4.69, 9.17) is 4.98 Å². The molecule has 0 fully saturated rings. The highest BCUT2D eigenvalue weighted by molar-refractivity contribution is 7.15. The number of hydrogen-bond acceptors (Lipinski definition) is 4. The molecular weight excluding hydrogens is 292 g/mol. The number of rotatable bonds is 2. The smallest absolute Gasteiger partial charge is 0.141 e. The lowest BCUT2D eigenvalue weighted by atomic mass is 10.2. The van der Waals surface area contributed by atoms with Gasteiger partial charge in [0, 0.05) is 27.9 Å². The largest absolute Gasteiger partial charge is 0.305 e. The Balaban J connectivity index is 1.89. The molecule has 19 heavy (non-hydrogen) atoms. The summed E-state index contributed by atoms with van der Waals surface area (Å²) < 4.78 is 2.23. The van der Waals surface area contributed by atoms with Crippen LogP contribution in [-0.4, -0.2) is 9.38 Å². The fourth-order valence-electron chi connectivity index (χ4n) is 2.22. The molecule has 4 aromatic heterocycles. The molecule has 4 aromatic rings. The Bertz CT molecular complexity index is 833. The minimum atomic E-state index is 1.07. The number of nitrogens with zero attached hydrogens (tertiary/aromatic N) is 2. The molecule has 0 saturated heterocycles. The van der Waals surface area contributed by atoms with Gasteiger partial charge in [0.25, 0.3) is 0 Å². The third kappa shape index (κ3) is 1.77. The van der Waals surface area contributed by atoms with Gasteiger partial charge in [-0.25, -0.2) is 4.98 Å². The van der Waals surface area contributed by atoms with Gasteiger partial charge in [-0.3, -0.25) is 0 Å². The van der Waals surface area contributed by atoms with Crippen LogP contribution in [0.5, 0.6) is 0 Å². The Kier molecular flexibility index (Phi) is 2.58. The summed E-state index contributed by atoms with van der Waals surface area (Å²) >= 11 is 5.19. The lowest BCUT2D eigenvalue weighted by molar-refractivity contribution is 1.21. The van der Waals surface area contributed by atoms with Crippen molar-refractivity contribution in [1.29, 1.82) is 0 Å². The molecule has 2 nitrogen and oxygen atoms in total. The van der Waals surface area contributed by atoms with Crippen LogP contribution in [0.25, 0.3) is 26.8 Å². The maximum absolute atomic E-state index is 4.79. The van der Waals surface area contributed by atoms with E-state index in [9.17, 15) is 0 Å². The van der Waals surface area contributed by atoms with Crippen molar-refractivity contribution in [3.63, 3.8) is 0 Å². The Hall–Kier alpha value is -1.43. The van der Waals surface area contributed by atoms with E-state index < -0.39 is 0 Å². The molecule has 0 saturated carbocycles. The number of fused-ring (bicyclic) bond motifs is 1. The third-order valence-electron chi connectivity index (χ3n) is 3.11. The summed E-state index contributed by atoms with van der Waals surface area (Å²) in [7, 11) is 0. The fourth-order valence-corrected chi connectivity index (χ4v) is 4.64. The van der Waals surface area contributed by atoms with Gasteiger partial charge in [-0.05, 0) is 30.0 Å². The molecule has 0 aromatic carbocycles. The van der Waals surface area contributed by atoms with Crippen molar-refractivity contribution in [2.45, 2.75) is 6.92 Å². The number of hydrogen-bond donors (Lipinski definition) is 0. The van der Waals surface area contributed by atoms with Gasteiger partial charge in [-0.1, -0.05) is 0 Å². The fraction of sp³-hybridized carbons (Fsp3) is 0.0714. The van der Waals surface area contributed by atoms with Gasteiger partial charge in [-0.15, -0.1) is 22.7 Å². The molecule has 0 unspecified atom stereocenters. The minimum Gasteiger partial charge on any atom is -0.305 e. The van der Waals surface area contributed by atoms with Gasteiger partial charge < -0.3 is 4.40 Å². The van der Waals surface area contributed by atoms with Crippen LogP contribution in [0.1, 0.15) is 5.56 Å². The van der Waals surface area contributed by atoms with Gasteiger partial charge in [0.15, 0.2) is 0 Å². The van der Waals surface area contributed by atoms with Crippen molar-refractivity contribution in [3.8, 4) is 22.0 Å². The Labute approximate surface area is 122 Å². The molecule has 0 bridgehead atoms. The zero-order chi connectivity index (χ0) is 12.8. The molecule has 0 spiro atoms. The van der Waals surface area contributed by atoms with Crippen LogP contribution in [0.4, 0.5) is 0 Å². The van der Waals surface area contributed by atoms with E-state index in [1.54, 1.807) is 34.0 Å². The standard InChI is InChI=1S/C14H10N2S3/c1-9-6-12-16(3-5-18-12)13(9)14-15-11(8-19-14)10-2-4-17-7-10/h2-8H,1H3. The second kappa shape index (κ2) is 4.30. The number of aromatic nitrogens is 2. The van der Waals surface area contributed by atoms with Crippen molar-refractivity contribution < 1.29 is 0 Å². The second-order valence-corrected chi connectivity index (χ2v) is 6.90. The van der Waals surface area contributed by atoms with Crippen LogP contribution in [0.3, 0.4) is 0 Å². The summed E-state index contributed by atoms with van der Waals surface area (Å²) in [5, 5.41) is 9.59. The van der Waals surface area contributed by atoms with Gasteiger partial charge in [0.2, 0.25) is 0 Å². The summed E-state index contributed by atoms with van der Waals surface area (Å²) in [5.74, 6) is 0. The number of thiophene rings is 1. The molecule has 0 N–H and O–H groups in total. The molecule has 0 radical (unpaired) electrons. The number of thiazole rings is 2. The van der Waals surface area contributed by atoms with Gasteiger partial charge in [-0.2, -0.15) is 11.3 Å². The Morgan fingerprint density at radius 1 is 1.16 bits per heavy atom. The quantitative estimate of drug-likeness (QED) is 0.500. The van der Waals surface area contributed by atoms with Crippen LogP contribution >= 0.6 is 34.0 Å². The van der Waals surface area contributed by atoms with Crippen molar-refractivity contribution >= 4 is 38.8 Å². The zero-order valence-electron chi connectivity index (χ0n) is 10.2. The molecule has 0 amide bonds. The van der Waals surface area contributed by atoms with Gasteiger partial charge >= 0.3 is 0 Å². The highest BCUT2D eigenvalue weighted by Gasteiger charge is 2.14. The van der Waals surface area contributed by atoms with Gasteiger partial charge in [0.1, 0.15) is 5.01 Å². The first-order valence-electron chi connectivity index (χ1n) is 5.86. The SMILES string of the molecule is Cc1cc2sccn2c1-c1nc(-c2ccsc2)cs1. The monoisotopic (exact) mass is 302 g/mol. The van der Waals surface area contributed by atoms with Crippen molar-refractivity contribution in [2.75, 3.05) is 0 Å². The van der Waals surface area contributed by atoms with E-state index in [-0.39, 0.29) is 0 Å². The average molecular weight is 302 g/mol. The van der Waals surface area contributed by atoms with Crippen molar-refractivity contribution in [1.82, 2.24) is 9.38 Å². The predicted octanol–water partition coefficient (Wildman–Crippen LogP) is 5.16. The first kappa shape index (κ1) is 11.4. The first-order valence-corrected chi connectivity index (χ1v) is 8.57. The van der Waals surface area contributed by atoms with E-state index in [1.165, 1.54) is 21.7 Å². The van der Waals surface area contributed by atoms with E-state index in [1.807, 2.05) is 0 Å². The first-order chi connectivity index (χ1) is 9.33. The maximum atomic E-state index is 4.79. The molecule has 5 heteroatoms. The van der Waals surface area contributed by atoms with E-state index in [0.29, 0.717) is 0 Å². The maximum Gasteiger partial charge on any atom is 0.141 e. The molecule has 0 aliphatic heterocycles. The Morgan fingerprint density at radius 3 is 2.95 bits per heavy atom. The van der Waals surface area contributed by atoms with Crippen LogP contribution in [-0.2, 0) is 0 Å². The topological polar surface area (TPSA) is 17.3 Å². The molecular formula is C14H10N2S3. The molecule has 94 valence electrons. The van der Waals surface area contributed by atoms with Crippen molar-refractivity contribution in [3.05, 3.63) is 45.4 Å². The van der Waals surface area contributed by atoms with Gasteiger partial charge in [0.05, 0.1) is 16.2 Å². The third-order valence-corrected chi connectivity index (χ3v) is 5.46. The minimum absolute atomic E-state index is 1.07. The highest BCUT2D eigenvalue weighted by Crippen LogP contribution is 2.34. The summed E-state index contributed by atoms with van der Waals surface area (Å²) in [6.07, 6.45) is 2.12. The van der Waals surface area contributed by atoms with Crippen molar-refractivity contribution in [2.24, 2.45) is 0 Å². The zero-order valence-corrected chi connectivity index (χ0v) is 12.6. The summed E-state index contributed by atoms with van der Waals surface area (Å²) in [5.41, 5.74) is 4.80. The lowest BCUT2D eigenvalue weighted by Crippen LogP contribution is -1.85. The lowest BCUT2D eigenvalue weighted by Gasteiger charge is -1.97. The Morgan fingerprint density at radius 2 is 2.11 bits per heavy atom. The van der Waals surface area contributed by atoms with E-state index in [0.717, 1.165) is 10.7 Å². The van der Waals surface area contributed by atoms with E-state index in [2.05, 4.69) is 51.2 Å². The molecule has 0 aliphatic carbocycles. The normalized spacial score (nSPS) is 11.4. The molecule has 0 atom stereocenters. The molecule has 4 heterocycles. The van der Waals surface area contributed by atoms with Crippen LogP contribution < -0.4 is 0 Å². The van der Waals surface area contributed by atoms with Crippen LogP contribution in [0, 0.1) is 6.92 Å². The summed E-state index contributed by atoms with van der Waals surface area (Å²) in [6.45, 7) is 2.15. The summed E-state index contributed by atoms with van der Waals surface area (Å²) in [6, 6.07) is 4.35. The second-order valence-electron chi connectivity index (χ2n) is 4.34. The molecule has 0 aliphatic rings. The van der Waals surface area contributed by atoms with Crippen LogP contribution in [0.2, 0.25) is 0 Å². The highest BCUT2D eigenvalue weighted by atomic mass is 32.1. The number of aryl methyl sites for hydroxylation is 1. The van der Waals surface area contributed by atoms with E-state index >= 15 is 0 Å². The summed E-state index contributed by atoms with van der Waals surface area (Å²) in [4.78, 5) is 6.07. The molecule has 4 rings (SSSR count). The average Bonchev–Trinajstić information content (AvgIpc) is 3.11. The predicted molar refractivity (Wildman–Crippen MR) is 84.4 cm³/mol. The van der Waals surface area contributed by atoms with Crippen LogP contribution in [0.15, 0.2) is 39.8 Å².